The molecule has 106 valence electrons. The molecule has 0 aromatic heterocycles. The second-order valence-electron chi connectivity index (χ2n) is 4.59. The Morgan fingerprint density at radius 1 is 1.05 bits per heavy atom. The fraction of sp³-hybridized carbons (Fsp3) is 0.294. The van der Waals surface area contributed by atoms with Crippen LogP contribution in [0.1, 0.15) is 24.2 Å². The summed E-state index contributed by atoms with van der Waals surface area (Å²) in [6.07, 6.45) is 0.799. The molecule has 20 heavy (non-hydrogen) atoms. The zero-order chi connectivity index (χ0) is 14.4. The Balaban J connectivity index is 2.23. The maximum atomic E-state index is 6.02. The van der Waals surface area contributed by atoms with Gasteiger partial charge in [0.1, 0.15) is 6.10 Å². The summed E-state index contributed by atoms with van der Waals surface area (Å²) in [5.74, 6) is 1.47. The van der Waals surface area contributed by atoms with Gasteiger partial charge in [-0.25, -0.2) is 0 Å². The number of hydrogen-bond donors (Lipinski definition) is 1. The van der Waals surface area contributed by atoms with Gasteiger partial charge in [-0.05, 0) is 29.7 Å². The molecule has 0 aliphatic rings. The molecule has 0 spiro atoms. The molecule has 0 aliphatic heterocycles. The Bertz CT molecular complexity index is 540. The largest absolute Gasteiger partial charge is 0.493 e. The van der Waals surface area contributed by atoms with Crippen molar-refractivity contribution in [2.75, 3.05) is 13.7 Å². The number of ether oxygens (including phenoxy) is 2. The Labute approximate surface area is 120 Å². The quantitative estimate of drug-likeness (QED) is 0.876. The average Bonchev–Trinajstić information content (AvgIpc) is 2.53. The van der Waals surface area contributed by atoms with Crippen LogP contribution in [0.3, 0.4) is 0 Å². The fourth-order valence-corrected chi connectivity index (χ4v) is 2.10. The molecule has 3 heteroatoms. The minimum atomic E-state index is -0.169. The van der Waals surface area contributed by atoms with Crippen molar-refractivity contribution >= 4 is 0 Å². The first-order valence-corrected chi connectivity index (χ1v) is 6.87. The van der Waals surface area contributed by atoms with Crippen LogP contribution >= 0.6 is 0 Å². The van der Waals surface area contributed by atoms with E-state index in [-0.39, 0.29) is 6.10 Å². The standard InChI is InChI=1S/C17H21NO2/c1-3-13-9-10-15(16(11-13)19-2)20-17(12-18)14-7-5-4-6-8-14/h4-11,17H,3,12,18H2,1-2H3. The first kappa shape index (κ1) is 14.4. The van der Waals surface area contributed by atoms with E-state index in [9.17, 15) is 0 Å². The van der Waals surface area contributed by atoms with Crippen LogP contribution in [0.15, 0.2) is 48.5 Å². The third kappa shape index (κ3) is 3.31. The summed E-state index contributed by atoms with van der Waals surface area (Å²) in [5.41, 5.74) is 8.12. The number of methoxy groups -OCH3 is 1. The maximum absolute atomic E-state index is 6.02. The first-order valence-electron chi connectivity index (χ1n) is 6.87. The van der Waals surface area contributed by atoms with Crippen molar-refractivity contribution in [2.45, 2.75) is 19.4 Å². The van der Waals surface area contributed by atoms with Crippen molar-refractivity contribution in [3.8, 4) is 11.5 Å². The molecule has 3 nitrogen and oxygen atoms in total. The molecule has 2 aromatic rings. The lowest BCUT2D eigenvalue weighted by Gasteiger charge is -2.20. The molecule has 2 aromatic carbocycles. The Morgan fingerprint density at radius 2 is 1.80 bits per heavy atom. The number of hydrogen-bond acceptors (Lipinski definition) is 3. The van der Waals surface area contributed by atoms with E-state index in [0.717, 1.165) is 23.5 Å². The van der Waals surface area contributed by atoms with Crippen molar-refractivity contribution in [1.82, 2.24) is 0 Å². The van der Waals surface area contributed by atoms with Crippen molar-refractivity contribution in [1.29, 1.82) is 0 Å². The lowest BCUT2D eigenvalue weighted by molar-refractivity contribution is 0.204. The summed E-state index contributed by atoms with van der Waals surface area (Å²) < 4.78 is 11.4. The molecule has 1 atom stereocenters. The second kappa shape index (κ2) is 6.96. The smallest absolute Gasteiger partial charge is 0.162 e. The zero-order valence-corrected chi connectivity index (χ0v) is 12.0. The SMILES string of the molecule is CCc1ccc(OC(CN)c2ccccc2)c(OC)c1. The Morgan fingerprint density at radius 3 is 2.40 bits per heavy atom. The van der Waals surface area contributed by atoms with Crippen LogP contribution in [0.2, 0.25) is 0 Å². The van der Waals surface area contributed by atoms with Gasteiger partial charge >= 0.3 is 0 Å². The maximum Gasteiger partial charge on any atom is 0.162 e. The monoisotopic (exact) mass is 271 g/mol. The van der Waals surface area contributed by atoms with E-state index in [1.165, 1.54) is 5.56 Å². The lowest BCUT2D eigenvalue weighted by Crippen LogP contribution is -2.18. The van der Waals surface area contributed by atoms with Gasteiger partial charge in [-0.2, -0.15) is 0 Å². The van der Waals surface area contributed by atoms with E-state index in [0.29, 0.717) is 6.54 Å². The van der Waals surface area contributed by atoms with Crippen LogP contribution in [0.4, 0.5) is 0 Å². The van der Waals surface area contributed by atoms with Crippen LogP contribution in [-0.2, 0) is 6.42 Å². The van der Waals surface area contributed by atoms with Gasteiger partial charge in [-0.3, -0.25) is 0 Å². The molecule has 0 amide bonds. The molecule has 1 unspecified atom stereocenters. The molecule has 0 radical (unpaired) electrons. The average molecular weight is 271 g/mol. The van der Waals surface area contributed by atoms with E-state index in [2.05, 4.69) is 13.0 Å². The van der Waals surface area contributed by atoms with E-state index >= 15 is 0 Å². The van der Waals surface area contributed by atoms with Gasteiger partial charge in [-0.1, -0.05) is 43.3 Å². The van der Waals surface area contributed by atoms with Gasteiger partial charge in [-0.15, -0.1) is 0 Å². The molecule has 2 N–H and O–H groups in total. The van der Waals surface area contributed by atoms with Gasteiger partial charge < -0.3 is 15.2 Å². The topological polar surface area (TPSA) is 44.5 Å². The second-order valence-corrected chi connectivity index (χ2v) is 4.59. The Kier molecular flexibility index (Phi) is 5.02. The molecular weight excluding hydrogens is 250 g/mol. The van der Waals surface area contributed by atoms with Crippen molar-refractivity contribution in [3.05, 3.63) is 59.7 Å². The summed E-state index contributed by atoms with van der Waals surface area (Å²) >= 11 is 0. The van der Waals surface area contributed by atoms with Crippen molar-refractivity contribution in [2.24, 2.45) is 5.73 Å². The van der Waals surface area contributed by atoms with Gasteiger partial charge in [0.05, 0.1) is 7.11 Å². The predicted molar refractivity (Wildman–Crippen MR) is 81.2 cm³/mol. The van der Waals surface area contributed by atoms with Crippen LogP contribution in [0.5, 0.6) is 11.5 Å². The van der Waals surface area contributed by atoms with E-state index < -0.39 is 0 Å². The van der Waals surface area contributed by atoms with Gasteiger partial charge in [0.15, 0.2) is 11.5 Å². The Hall–Kier alpha value is -2.00. The molecule has 2 rings (SSSR count). The highest BCUT2D eigenvalue weighted by atomic mass is 16.5. The minimum Gasteiger partial charge on any atom is -0.493 e. The highest BCUT2D eigenvalue weighted by Crippen LogP contribution is 2.32. The van der Waals surface area contributed by atoms with Crippen molar-refractivity contribution < 1.29 is 9.47 Å². The number of benzene rings is 2. The summed E-state index contributed by atoms with van der Waals surface area (Å²) in [6.45, 7) is 2.53. The first-order chi connectivity index (χ1) is 9.78. The van der Waals surface area contributed by atoms with Gasteiger partial charge in [0, 0.05) is 6.54 Å². The van der Waals surface area contributed by atoms with Crippen LogP contribution in [0, 0.1) is 0 Å². The lowest BCUT2D eigenvalue weighted by atomic mass is 10.1. The van der Waals surface area contributed by atoms with Crippen LogP contribution < -0.4 is 15.2 Å². The number of aryl methyl sites for hydroxylation is 1. The van der Waals surface area contributed by atoms with E-state index in [1.807, 2.05) is 42.5 Å². The molecule has 0 fully saturated rings. The fourth-order valence-electron chi connectivity index (χ4n) is 2.10. The summed E-state index contributed by atoms with van der Waals surface area (Å²) in [6, 6.07) is 16.0. The number of rotatable bonds is 6. The summed E-state index contributed by atoms with van der Waals surface area (Å²) in [5, 5.41) is 0. The van der Waals surface area contributed by atoms with E-state index in [4.69, 9.17) is 15.2 Å². The molecule has 0 saturated heterocycles. The highest BCUT2D eigenvalue weighted by molar-refractivity contribution is 5.43. The normalized spacial score (nSPS) is 11.9. The highest BCUT2D eigenvalue weighted by Gasteiger charge is 2.14. The summed E-state index contributed by atoms with van der Waals surface area (Å²) in [7, 11) is 1.65. The van der Waals surface area contributed by atoms with Crippen molar-refractivity contribution in [3.63, 3.8) is 0 Å². The van der Waals surface area contributed by atoms with Crippen LogP contribution in [0.25, 0.3) is 0 Å². The third-order valence-electron chi connectivity index (χ3n) is 3.29. The zero-order valence-electron chi connectivity index (χ0n) is 12.0. The third-order valence-corrected chi connectivity index (χ3v) is 3.29. The molecule has 0 aliphatic carbocycles. The molecule has 0 saturated carbocycles. The van der Waals surface area contributed by atoms with E-state index in [1.54, 1.807) is 7.11 Å². The predicted octanol–water partition coefficient (Wildman–Crippen LogP) is 3.34. The minimum absolute atomic E-state index is 0.169. The molecule has 0 heterocycles. The van der Waals surface area contributed by atoms with Gasteiger partial charge in [0.2, 0.25) is 0 Å². The molecular formula is C17H21NO2. The number of nitrogens with two attached hydrogens (primary N) is 1. The van der Waals surface area contributed by atoms with Crippen LogP contribution in [-0.4, -0.2) is 13.7 Å². The van der Waals surface area contributed by atoms with Gasteiger partial charge in [0.25, 0.3) is 0 Å². The molecule has 0 bridgehead atoms. The summed E-state index contributed by atoms with van der Waals surface area (Å²) in [4.78, 5) is 0.